The Labute approximate surface area is 112 Å². The molecule has 0 saturated carbocycles. The minimum absolute atomic E-state index is 0.723. The Balaban J connectivity index is 4.75. The van der Waals surface area contributed by atoms with Crippen molar-refractivity contribution in [1.29, 1.82) is 0 Å². The molecule has 0 atom stereocenters. The molecule has 0 aliphatic rings. The van der Waals surface area contributed by atoms with Crippen LogP contribution in [-0.4, -0.2) is 25.7 Å². The second-order valence-electron chi connectivity index (χ2n) is 2.22. The lowest BCUT2D eigenvalue weighted by atomic mass is 10.4. The monoisotopic (exact) mass is 363 g/mol. The topological polar surface area (TPSA) is 3.24 Å². The van der Waals surface area contributed by atoms with E-state index in [9.17, 15) is 39.5 Å². The van der Waals surface area contributed by atoms with E-state index < -0.39 is 61.2 Å². The van der Waals surface area contributed by atoms with Crippen LogP contribution in [0.2, 0.25) is 0 Å². The van der Waals surface area contributed by atoms with Gasteiger partial charge in [-0.25, -0.2) is 0 Å². The molecule has 0 amide bonds. The first-order valence-corrected chi connectivity index (χ1v) is 6.25. The van der Waals surface area contributed by atoms with Gasteiger partial charge in [-0.05, 0) is 0 Å². The minimum atomic E-state index is -5.20. The Hall–Kier alpha value is 0.735. The largest absolute Gasteiger partial charge is 0.456 e. The van der Waals surface area contributed by atoms with Crippen molar-refractivity contribution in [3.05, 3.63) is 0 Å². The molecule has 0 heterocycles. The summed E-state index contributed by atoms with van der Waals surface area (Å²) >= 11 is 0.869. The molecule has 0 fully saturated rings. The summed E-state index contributed by atoms with van der Waals surface area (Å²) in [6.07, 6.45) is 0. The third-order valence-electron chi connectivity index (χ3n) is 0.784. The molecule has 0 spiro atoms. The summed E-state index contributed by atoms with van der Waals surface area (Å²) in [5.41, 5.74) is -18.1. The van der Waals surface area contributed by atoms with Crippen molar-refractivity contribution in [2.24, 2.45) is 0 Å². The maximum Gasteiger partial charge on any atom is 0.456 e. The van der Waals surface area contributed by atoms with Crippen LogP contribution in [0.4, 0.5) is 39.5 Å². The summed E-state index contributed by atoms with van der Waals surface area (Å²) in [4.78, 5) is 0. The molecule has 0 unspecified atom stereocenters. The molecule has 0 saturated heterocycles. The van der Waals surface area contributed by atoms with Gasteiger partial charge in [0.05, 0.1) is 0 Å². The predicted molar refractivity (Wildman–Crippen MR) is 54.4 cm³/mol. The predicted octanol–water partition coefficient (Wildman–Crippen LogP) is 5.10. The van der Waals surface area contributed by atoms with Gasteiger partial charge in [-0.15, -0.1) is 0 Å². The molecule has 0 N–H and O–H groups in total. The zero-order valence-corrected chi connectivity index (χ0v) is 10.7. The van der Waals surface area contributed by atoms with Crippen LogP contribution >= 0.6 is 47.0 Å². The highest BCUT2D eigenvalue weighted by Gasteiger charge is 2.47. The number of halogens is 10. The lowest BCUT2D eigenvalue weighted by Gasteiger charge is -2.24. The summed E-state index contributed by atoms with van der Waals surface area (Å²) in [6.45, 7) is 0. The Kier molecular flexibility index (Phi) is 6.72. The van der Waals surface area contributed by atoms with Crippen molar-refractivity contribution in [3.63, 3.8) is 0 Å². The van der Waals surface area contributed by atoms with Gasteiger partial charge in [0.25, 0.3) is 0 Å². The first-order valence-electron chi connectivity index (χ1n) is 3.39. The van der Waals surface area contributed by atoms with Crippen LogP contribution < -0.4 is 0 Å². The molecule has 0 aromatic carbocycles. The van der Waals surface area contributed by atoms with Gasteiger partial charge in [0.1, 0.15) is 0 Å². The first kappa shape index (κ1) is 18.7. The minimum Gasteiger partial charge on any atom is -0.191 e. The third kappa shape index (κ3) is 10.6. The quantitative estimate of drug-likeness (QED) is 0.388. The van der Waals surface area contributed by atoms with Crippen molar-refractivity contribution in [2.45, 2.75) is 16.5 Å². The Morgan fingerprint density at radius 3 is 1.28 bits per heavy atom. The van der Waals surface area contributed by atoms with Gasteiger partial charge in [-0.1, -0.05) is 11.6 Å². The smallest absolute Gasteiger partial charge is 0.191 e. The molecule has 15 heteroatoms. The van der Waals surface area contributed by atoms with E-state index in [4.69, 9.17) is 11.5 Å². The number of nitrogens with zero attached hydrogens (tertiary/aromatic N) is 1. The van der Waals surface area contributed by atoms with E-state index in [0.717, 1.165) is 0 Å². The second kappa shape index (κ2) is 6.46. The summed E-state index contributed by atoms with van der Waals surface area (Å²) in [7, 11) is 0. The van der Waals surface area contributed by atoms with E-state index in [-0.39, 0.29) is 0 Å². The Bertz CT molecular complexity index is 249. The number of rotatable bonds is 4. The van der Waals surface area contributed by atoms with Crippen LogP contribution in [0.25, 0.3) is 0 Å². The number of alkyl halides is 9. The summed E-state index contributed by atoms with van der Waals surface area (Å²) in [5, 5.41) is 0. The van der Waals surface area contributed by atoms with E-state index in [1.165, 1.54) is 0 Å². The second-order valence-corrected chi connectivity index (χ2v) is 6.34. The van der Waals surface area contributed by atoms with Crippen molar-refractivity contribution in [1.82, 2.24) is 3.62 Å². The fraction of sp³-hybridized carbons (Fsp3) is 1.00. The molecule has 0 bridgehead atoms. The van der Waals surface area contributed by atoms with Gasteiger partial charge >= 0.3 is 22.1 Å². The molecule has 0 aliphatic heterocycles. The van der Waals surface area contributed by atoms with Crippen LogP contribution in [0.1, 0.15) is 0 Å². The lowest BCUT2D eigenvalue weighted by Crippen LogP contribution is -2.29. The van der Waals surface area contributed by atoms with Gasteiger partial charge in [0.15, 0.2) is 0 Å². The van der Waals surface area contributed by atoms with E-state index in [1.54, 1.807) is 0 Å². The maximum atomic E-state index is 11.9. The molecule has 0 aromatic rings. The zero-order valence-electron chi connectivity index (χ0n) is 7.53. The molecule has 0 rings (SSSR count). The van der Waals surface area contributed by atoms with Gasteiger partial charge in [-0.3, -0.25) is 0 Å². The van der Waals surface area contributed by atoms with Crippen molar-refractivity contribution in [2.75, 3.05) is 0 Å². The average molecular weight is 363 g/mol. The third-order valence-corrected chi connectivity index (χ3v) is 4.06. The van der Waals surface area contributed by atoms with Crippen LogP contribution in [0, 0.1) is 0 Å². The van der Waals surface area contributed by atoms with E-state index in [1.807, 2.05) is 0 Å². The Morgan fingerprint density at radius 2 is 1.06 bits per heavy atom. The first-order chi connectivity index (χ1) is 7.70. The van der Waals surface area contributed by atoms with Gasteiger partial charge in [-0.2, -0.15) is 54.6 Å². The highest BCUT2D eigenvalue weighted by atomic mass is 35.5. The molecule has 0 aromatic heterocycles. The molecular weight excluding hydrogens is 363 g/mol. The molecule has 1 nitrogen and oxygen atoms in total. The van der Waals surface area contributed by atoms with E-state index in [2.05, 4.69) is 0 Å². The normalized spacial score (nSPS) is 14.2. The SMILES string of the molecule is FC(F)(F)SB(Cl)N(SC(F)(F)F)SC(F)(F)F. The summed E-state index contributed by atoms with van der Waals surface area (Å²) in [6, 6.07) is 0. The Morgan fingerprint density at radius 1 is 0.722 bits per heavy atom. The number of hydrogen-bond acceptors (Lipinski definition) is 4. The highest BCUT2D eigenvalue weighted by molar-refractivity contribution is 8.34. The molecule has 0 radical (unpaired) electrons. The van der Waals surface area contributed by atoms with Crippen molar-refractivity contribution < 1.29 is 39.5 Å². The van der Waals surface area contributed by atoms with E-state index >= 15 is 0 Å². The van der Waals surface area contributed by atoms with Crippen LogP contribution in [0.5, 0.6) is 0 Å². The fourth-order valence-corrected chi connectivity index (χ4v) is 3.05. The molecule has 0 aliphatic carbocycles. The molecular formula is C3BClF9NS3. The van der Waals surface area contributed by atoms with Crippen molar-refractivity contribution >= 4 is 52.5 Å². The van der Waals surface area contributed by atoms with Crippen LogP contribution in [0.3, 0.4) is 0 Å². The van der Waals surface area contributed by atoms with Crippen LogP contribution in [-0.2, 0) is 0 Å². The van der Waals surface area contributed by atoms with Gasteiger partial charge in [0, 0.05) is 23.9 Å². The maximum absolute atomic E-state index is 11.9. The fourth-order valence-electron chi connectivity index (χ4n) is 0.459. The number of hydrogen-bond donors (Lipinski definition) is 0. The van der Waals surface area contributed by atoms with Gasteiger partial charge in [0.2, 0.25) is 0 Å². The summed E-state index contributed by atoms with van der Waals surface area (Å²) in [5.74, 6) is 0. The van der Waals surface area contributed by atoms with Gasteiger partial charge < -0.3 is 0 Å². The molecule has 108 valence electrons. The lowest BCUT2D eigenvalue weighted by molar-refractivity contribution is -0.0375. The standard InChI is InChI=1S/C3BClF9NS3/c5-4(16-1(6,7)8)15(17-2(9,10)11)18-3(12,13)14. The van der Waals surface area contributed by atoms with E-state index in [0.29, 0.717) is 0 Å². The highest BCUT2D eigenvalue weighted by Crippen LogP contribution is 2.48. The van der Waals surface area contributed by atoms with Crippen molar-refractivity contribution in [3.8, 4) is 0 Å². The zero-order chi connectivity index (χ0) is 14.8. The van der Waals surface area contributed by atoms with Crippen LogP contribution in [0.15, 0.2) is 0 Å². The average Bonchev–Trinajstić information content (AvgIpc) is 1.93. The summed E-state index contributed by atoms with van der Waals surface area (Å²) < 4.78 is 106. The molecule has 18 heavy (non-hydrogen) atoms.